The monoisotopic (exact) mass is 410 g/mol. The van der Waals surface area contributed by atoms with Gasteiger partial charge in [0.15, 0.2) is 0 Å². The maximum absolute atomic E-state index is 12.5. The average Bonchev–Trinajstić information content (AvgIpc) is 2.07. The van der Waals surface area contributed by atoms with Gasteiger partial charge in [-0.05, 0) is 50.4 Å². The standard InChI is InChI=1S/C11H14F3IO3S/c12-11(13,14)19(16,17)18-10-4-7-1-8(5-10)3-9(15,2-7)6-10/h7-8H,1-6H2. The Morgan fingerprint density at radius 1 is 1.11 bits per heavy atom. The molecule has 4 aliphatic carbocycles. The van der Waals surface area contributed by atoms with E-state index in [2.05, 4.69) is 22.6 Å². The van der Waals surface area contributed by atoms with Gasteiger partial charge in [0, 0.05) is 3.42 Å². The van der Waals surface area contributed by atoms with Crippen molar-refractivity contribution < 1.29 is 25.8 Å². The van der Waals surface area contributed by atoms with E-state index >= 15 is 0 Å². The SMILES string of the molecule is O=S(=O)(OC12CC3CC(CC(I)(C3)C1)C2)C(F)(F)F. The first-order valence-electron chi connectivity index (χ1n) is 6.23. The van der Waals surface area contributed by atoms with Gasteiger partial charge < -0.3 is 0 Å². The molecule has 0 N–H and O–H groups in total. The molecule has 3 nitrogen and oxygen atoms in total. The third kappa shape index (κ3) is 2.41. The summed E-state index contributed by atoms with van der Waals surface area (Å²) >= 11 is 2.29. The lowest BCUT2D eigenvalue weighted by atomic mass is 9.54. The fourth-order valence-electron chi connectivity index (χ4n) is 4.45. The van der Waals surface area contributed by atoms with Gasteiger partial charge in [-0.15, -0.1) is 0 Å². The molecule has 0 aromatic carbocycles. The van der Waals surface area contributed by atoms with Crippen molar-refractivity contribution in [3.63, 3.8) is 0 Å². The molecule has 4 aliphatic rings. The lowest BCUT2D eigenvalue weighted by molar-refractivity contribution is -0.111. The van der Waals surface area contributed by atoms with Crippen LogP contribution in [0, 0.1) is 11.8 Å². The molecular formula is C11H14F3IO3S. The average molecular weight is 410 g/mol. The highest BCUT2D eigenvalue weighted by Crippen LogP contribution is 2.62. The molecule has 110 valence electrons. The second-order valence-corrected chi connectivity index (χ2v) is 10.1. The van der Waals surface area contributed by atoms with Crippen LogP contribution in [0.25, 0.3) is 0 Å². The summed E-state index contributed by atoms with van der Waals surface area (Å²) in [6.45, 7) is 0. The number of halogens is 4. The minimum absolute atomic E-state index is 0.0804. The second kappa shape index (κ2) is 4.00. The van der Waals surface area contributed by atoms with Crippen LogP contribution in [0.2, 0.25) is 0 Å². The highest BCUT2D eigenvalue weighted by atomic mass is 127. The molecule has 8 heteroatoms. The molecule has 0 aliphatic heterocycles. The van der Waals surface area contributed by atoms with Crippen molar-refractivity contribution in [1.29, 1.82) is 0 Å². The zero-order chi connectivity index (χ0) is 14.1. The van der Waals surface area contributed by atoms with Crippen molar-refractivity contribution in [1.82, 2.24) is 0 Å². The molecule has 0 spiro atoms. The molecule has 4 rings (SSSR count). The molecule has 0 heterocycles. The molecule has 0 aromatic rings. The molecule has 2 unspecified atom stereocenters. The van der Waals surface area contributed by atoms with Crippen LogP contribution in [0.4, 0.5) is 13.2 Å². The largest absolute Gasteiger partial charge is 0.523 e. The molecule has 19 heavy (non-hydrogen) atoms. The number of hydrogen-bond acceptors (Lipinski definition) is 3. The number of alkyl halides is 4. The topological polar surface area (TPSA) is 43.4 Å². The second-order valence-electron chi connectivity index (χ2n) is 6.28. The van der Waals surface area contributed by atoms with Crippen molar-refractivity contribution in [3.8, 4) is 0 Å². The van der Waals surface area contributed by atoms with E-state index in [9.17, 15) is 21.6 Å². The van der Waals surface area contributed by atoms with Crippen LogP contribution in [0.5, 0.6) is 0 Å². The van der Waals surface area contributed by atoms with E-state index in [0.29, 0.717) is 31.1 Å². The van der Waals surface area contributed by atoms with Crippen molar-refractivity contribution in [2.24, 2.45) is 11.8 Å². The van der Waals surface area contributed by atoms with Crippen LogP contribution < -0.4 is 0 Å². The molecule has 0 amide bonds. The zero-order valence-corrected chi connectivity index (χ0v) is 13.0. The van der Waals surface area contributed by atoms with E-state index in [1.165, 1.54) is 0 Å². The van der Waals surface area contributed by atoms with E-state index in [-0.39, 0.29) is 3.42 Å². The molecule has 0 aromatic heterocycles. The number of hydrogen-bond donors (Lipinski definition) is 0. The molecular weight excluding hydrogens is 396 g/mol. The van der Waals surface area contributed by atoms with E-state index in [1.54, 1.807) is 0 Å². The molecule has 0 saturated heterocycles. The third-order valence-corrected chi connectivity index (χ3v) is 6.91. The Morgan fingerprint density at radius 2 is 1.63 bits per heavy atom. The van der Waals surface area contributed by atoms with Gasteiger partial charge in [-0.2, -0.15) is 21.6 Å². The highest BCUT2D eigenvalue weighted by molar-refractivity contribution is 14.1. The molecule has 4 saturated carbocycles. The van der Waals surface area contributed by atoms with E-state index in [1.807, 2.05) is 0 Å². The fourth-order valence-corrected chi connectivity index (χ4v) is 7.14. The normalized spacial score (nSPS) is 45.7. The molecule has 0 radical (unpaired) electrons. The molecule has 2 atom stereocenters. The lowest BCUT2D eigenvalue weighted by Gasteiger charge is -2.59. The van der Waals surface area contributed by atoms with Gasteiger partial charge in [0.1, 0.15) is 0 Å². The Kier molecular flexibility index (Phi) is 3.02. The lowest BCUT2D eigenvalue weighted by Crippen LogP contribution is -2.58. The number of rotatable bonds is 2. The predicted molar refractivity (Wildman–Crippen MR) is 70.2 cm³/mol. The Bertz CT molecular complexity index is 488. The van der Waals surface area contributed by atoms with Gasteiger partial charge in [0.05, 0.1) is 5.60 Å². The molecule has 4 bridgehead atoms. The minimum Gasteiger partial charge on any atom is -0.256 e. The van der Waals surface area contributed by atoms with Crippen molar-refractivity contribution in [3.05, 3.63) is 0 Å². The van der Waals surface area contributed by atoms with E-state index in [0.717, 1.165) is 19.3 Å². The summed E-state index contributed by atoms with van der Waals surface area (Å²) in [4.78, 5) is 0. The first-order valence-corrected chi connectivity index (χ1v) is 8.72. The predicted octanol–water partition coefficient (Wildman–Crippen LogP) is 3.38. The van der Waals surface area contributed by atoms with E-state index < -0.39 is 21.2 Å². The van der Waals surface area contributed by atoms with Crippen LogP contribution >= 0.6 is 22.6 Å². The van der Waals surface area contributed by atoms with Crippen LogP contribution in [0.3, 0.4) is 0 Å². The van der Waals surface area contributed by atoms with E-state index in [4.69, 9.17) is 4.18 Å². The van der Waals surface area contributed by atoms with Crippen LogP contribution in [0.1, 0.15) is 38.5 Å². The summed E-state index contributed by atoms with van der Waals surface area (Å²) in [5, 5.41) is 0. The molecule has 4 fully saturated rings. The Morgan fingerprint density at radius 3 is 2.05 bits per heavy atom. The smallest absolute Gasteiger partial charge is 0.256 e. The third-order valence-electron chi connectivity index (χ3n) is 4.51. The maximum Gasteiger partial charge on any atom is 0.523 e. The van der Waals surface area contributed by atoms with Gasteiger partial charge in [-0.1, -0.05) is 22.6 Å². The Balaban J connectivity index is 1.89. The zero-order valence-electron chi connectivity index (χ0n) is 10.0. The first-order chi connectivity index (χ1) is 8.53. The summed E-state index contributed by atoms with van der Waals surface area (Å²) in [6.07, 6.45) is 4.26. The Labute approximate surface area is 123 Å². The van der Waals surface area contributed by atoms with Crippen molar-refractivity contribution in [2.75, 3.05) is 0 Å². The van der Waals surface area contributed by atoms with Gasteiger partial charge >= 0.3 is 15.6 Å². The van der Waals surface area contributed by atoms with Crippen LogP contribution in [0.15, 0.2) is 0 Å². The van der Waals surface area contributed by atoms with Gasteiger partial charge in [-0.3, -0.25) is 4.18 Å². The summed E-state index contributed by atoms with van der Waals surface area (Å²) < 4.78 is 64.7. The minimum atomic E-state index is -5.49. The quantitative estimate of drug-likeness (QED) is 0.304. The summed E-state index contributed by atoms with van der Waals surface area (Å²) in [7, 11) is -5.49. The first kappa shape index (κ1) is 14.4. The van der Waals surface area contributed by atoms with Crippen LogP contribution in [-0.2, 0) is 14.3 Å². The highest BCUT2D eigenvalue weighted by Gasteiger charge is 2.61. The Hall–Kier alpha value is 0.430. The summed E-state index contributed by atoms with van der Waals surface area (Å²) in [6, 6.07) is 0. The van der Waals surface area contributed by atoms with Gasteiger partial charge in [0.2, 0.25) is 0 Å². The fraction of sp³-hybridized carbons (Fsp3) is 1.00. The maximum atomic E-state index is 12.5. The summed E-state index contributed by atoms with van der Waals surface area (Å²) in [5.74, 6) is 0.614. The van der Waals surface area contributed by atoms with Gasteiger partial charge in [-0.25, -0.2) is 0 Å². The van der Waals surface area contributed by atoms with Crippen molar-refractivity contribution in [2.45, 2.75) is 53.1 Å². The van der Waals surface area contributed by atoms with Crippen molar-refractivity contribution >= 4 is 32.7 Å². The van der Waals surface area contributed by atoms with Gasteiger partial charge in [0.25, 0.3) is 0 Å². The summed E-state index contributed by atoms with van der Waals surface area (Å²) in [5.41, 5.74) is -6.44. The van der Waals surface area contributed by atoms with Crippen LogP contribution in [-0.4, -0.2) is 22.9 Å².